The maximum Gasteiger partial charge on any atom is 0.251 e. The summed E-state index contributed by atoms with van der Waals surface area (Å²) in [6.07, 6.45) is 1.55. The number of hydrogen-bond donors (Lipinski definition) is 2. The summed E-state index contributed by atoms with van der Waals surface area (Å²) < 4.78 is 44.2. The van der Waals surface area contributed by atoms with Crippen LogP contribution in [0.25, 0.3) is 0 Å². The molecule has 2 aromatic carbocycles. The highest BCUT2D eigenvalue weighted by molar-refractivity contribution is 7.84. The van der Waals surface area contributed by atoms with Gasteiger partial charge >= 0.3 is 0 Å². The van der Waals surface area contributed by atoms with Crippen molar-refractivity contribution in [3.63, 3.8) is 0 Å². The molecule has 0 aliphatic carbocycles. The van der Waals surface area contributed by atoms with Crippen molar-refractivity contribution in [2.45, 2.75) is 23.8 Å². The number of carbonyl (C=O) groups excluding carboxylic acids is 2. The number of nitrogens with one attached hydrogen (secondary N) is 2. The van der Waals surface area contributed by atoms with Gasteiger partial charge in [0, 0.05) is 52.3 Å². The van der Waals surface area contributed by atoms with Crippen molar-refractivity contribution in [3.8, 4) is 0 Å². The van der Waals surface area contributed by atoms with Crippen LogP contribution in [0.4, 0.5) is 14.5 Å². The largest absolute Gasteiger partial charge is 0.381 e. The second kappa shape index (κ2) is 10.4. The molecule has 2 amide bonds. The Morgan fingerprint density at radius 1 is 1.07 bits per heavy atom. The van der Waals surface area contributed by atoms with E-state index in [4.69, 9.17) is 4.74 Å². The first-order chi connectivity index (χ1) is 14.4. The number of anilines is 1. The van der Waals surface area contributed by atoms with Crippen LogP contribution in [0.2, 0.25) is 0 Å². The van der Waals surface area contributed by atoms with Crippen molar-refractivity contribution in [2.24, 2.45) is 0 Å². The Hall–Kier alpha value is -2.65. The van der Waals surface area contributed by atoms with E-state index in [1.807, 2.05) is 6.07 Å². The van der Waals surface area contributed by atoms with E-state index < -0.39 is 34.2 Å². The highest BCUT2D eigenvalue weighted by Gasteiger charge is 2.20. The van der Waals surface area contributed by atoms with Gasteiger partial charge in [-0.1, -0.05) is 12.1 Å². The molecule has 9 heteroatoms. The standard InChI is InChI=1S/C21H22F2N2O4S/c22-16-9-15(10-17(23)11-16)21(27)24-12-20(26)25-18-3-1-2-14(8-18)13-30(28)19-4-6-29-7-5-19/h1-3,8-11,19H,4-7,12-13H2,(H,24,27)(H,25,26). The summed E-state index contributed by atoms with van der Waals surface area (Å²) in [6.45, 7) is 0.885. The summed E-state index contributed by atoms with van der Waals surface area (Å²) in [4.78, 5) is 24.1. The zero-order chi connectivity index (χ0) is 21.5. The zero-order valence-electron chi connectivity index (χ0n) is 16.2. The predicted octanol–water partition coefficient (Wildman–Crippen LogP) is 2.76. The van der Waals surface area contributed by atoms with Crippen molar-refractivity contribution in [2.75, 3.05) is 25.1 Å². The molecule has 30 heavy (non-hydrogen) atoms. The lowest BCUT2D eigenvalue weighted by Crippen LogP contribution is -2.33. The fourth-order valence-corrected chi connectivity index (χ4v) is 4.57. The van der Waals surface area contributed by atoms with Crippen molar-refractivity contribution in [3.05, 3.63) is 65.2 Å². The summed E-state index contributed by atoms with van der Waals surface area (Å²) >= 11 is 0. The van der Waals surface area contributed by atoms with Gasteiger partial charge in [0.1, 0.15) is 11.6 Å². The van der Waals surface area contributed by atoms with E-state index in [-0.39, 0.29) is 17.4 Å². The van der Waals surface area contributed by atoms with E-state index in [1.165, 1.54) is 0 Å². The van der Waals surface area contributed by atoms with E-state index in [2.05, 4.69) is 10.6 Å². The smallest absolute Gasteiger partial charge is 0.251 e. The quantitative estimate of drug-likeness (QED) is 0.699. The molecular formula is C21H22F2N2O4S. The van der Waals surface area contributed by atoms with Crippen molar-refractivity contribution in [1.29, 1.82) is 0 Å². The van der Waals surface area contributed by atoms with Crippen molar-refractivity contribution in [1.82, 2.24) is 5.32 Å². The highest BCUT2D eigenvalue weighted by atomic mass is 32.2. The van der Waals surface area contributed by atoms with Crippen molar-refractivity contribution >= 4 is 28.3 Å². The van der Waals surface area contributed by atoms with Gasteiger partial charge < -0.3 is 15.4 Å². The van der Waals surface area contributed by atoms with E-state index in [0.29, 0.717) is 30.7 Å². The maximum absolute atomic E-state index is 13.2. The Balaban J connectivity index is 1.52. The molecule has 1 aliphatic heterocycles. The first-order valence-electron chi connectivity index (χ1n) is 9.49. The van der Waals surface area contributed by atoms with Gasteiger partial charge in [-0.2, -0.15) is 0 Å². The minimum absolute atomic E-state index is 0.111. The SMILES string of the molecule is O=C(CNC(=O)c1cc(F)cc(F)c1)Nc1cccc(CS(=O)C2CCOCC2)c1. The van der Waals surface area contributed by atoms with Gasteiger partial charge in [-0.15, -0.1) is 0 Å². The molecule has 0 saturated carbocycles. The number of benzene rings is 2. The average Bonchev–Trinajstić information content (AvgIpc) is 2.72. The zero-order valence-corrected chi connectivity index (χ0v) is 17.0. The molecule has 6 nitrogen and oxygen atoms in total. The monoisotopic (exact) mass is 436 g/mol. The Morgan fingerprint density at radius 3 is 2.47 bits per heavy atom. The van der Waals surface area contributed by atoms with Gasteiger partial charge in [0.2, 0.25) is 5.91 Å². The minimum Gasteiger partial charge on any atom is -0.381 e. The molecule has 3 rings (SSSR count). The van der Waals surface area contributed by atoms with Crippen LogP contribution < -0.4 is 10.6 Å². The number of hydrogen-bond acceptors (Lipinski definition) is 4. The maximum atomic E-state index is 13.2. The topological polar surface area (TPSA) is 84.5 Å². The van der Waals surface area contributed by atoms with Gasteiger partial charge in [0.05, 0.1) is 6.54 Å². The van der Waals surface area contributed by atoms with Gasteiger partial charge in [0.15, 0.2) is 0 Å². The Kier molecular flexibility index (Phi) is 7.64. The summed E-state index contributed by atoms with van der Waals surface area (Å²) in [5.41, 5.74) is 1.13. The fraction of sp³-hybridized carbons (Fsp3) is 0.333. The van der Waals surface area contributed by atoms with Crippen molar-refractivity contribution < 1.29 is 27.3 Å². The van der Waals surface area contributed by atoms with Crippen LogP contribution in [0.1, 0.15) is 28.8 Å². The first-order valence-corrected chi connectivity index (χ1v) is 10.9. The number of rotatable bonds is 7. The molecule has 1 saturated heterocycles. The lowest BCUT2D eigenvalue weighted by atomic mass is 10.2. The predicted molar refractivity (Wildman–Crippen MR) is 109 cm³/mol. The minimum atomic E-state index is -1.02. The molecule has 2 aromatic rings. The third kappa shape index (κ3) is 6.43. The molecule has 1 atom stereocenters. The highest BCUT2D eigenvalue weighted by Crippen LogP contribution is 2.19. The van der Waals surface area contributed by atoms with Crippen LogP contribution >= 0.6 is 0 Å². The number of amides is 2. The average molecular weight is 436 g/mol. The summed E-state index contributed by atoms with van der Waals surface area (Å²) in [5, 5.41) is 5.07. The van der Waals surface area contributed by atoms with Gasteiger partial charge in [0.25, 0.3) is 5.91 Å². The van der Waals surface area contributed by atoms with Crippen LogP contribution in [-0.2, 0) is 26.1 Å². The molecule has 1 heterocycles. The normalized spacial score (nSPS) is 15.4. The Bertz CT molecular complexity index is 928. The van der Waals surface area contributed by atoms with Gasteiger partial charge in [-0.05, 0) is 42.7 Å². The molecule has 1 aliphatic rings. The molecule has 0 bridgehead atoms. The molecule has 0 spiro atoms. The van der Waals surface area contributed by atoms with Crippen LogP contribution in [0, 0.1) is 11.6 Å². The number of halogens is 2. The molecular weight excluding hydrogens is 414 g/mol. The van der Waals surface area contributed by atoms with E-state index in [9.17, 15) is 22.6 Å². The number of carbonyl (C=O) groups is 2. The lowest BCUT2D eigenvalue weighted by molar-refractivity contribution is -0.115. The first kappa shape index (κ1) is 22.0. The summed E-state index contributed by atoms with van der Waals surface area (Å²) in [5.74, 6) is -2.62. The van der Waals surface area contributed by atoms with Crippen LogP contribution in [-0.4, -0.2) is 41.0 Å². The second-order valence-corrected chi connectivity index (χ2v) is 8.64. The molecule has 2 N–H and O–H groups in total. The molecule has 0 aromatic heterocycles. The van der Waals surface area contributed by atoms with Gasteiger partial charge in [-0.25, -0.2) is 8.78 Å². The molecule has 1 unspecified atom stereocenters. The third-order valence-electron chi connectivity index (χ3n) is 4.59. The van der Waals surface area contributed by atoms with E-state index in [0.717, 1.165) is 30.5 Å². The fourth-order valence-electron chi connectivity index (χ4n) is 3.11. The van der Waals surface area contributed by atoms with E-state index in [1.54, 1.807) is 18.2 Å². The number of ether oxygens (including phenoxy) is 1. The summed E-state index contributed by atoms with van der Waals surface area (Å²) in [6, 6.07) is 9.44. The molecule has 160 valence electrons. The second-order valence-electron chi connectivity index (χ2n) is 6.93. The summed E-state index contributed by atoms with van der Waals surface area (Å²) in [7, 11) is -1.02. The molecule has 1 fully saturated rings. The third-order valence-corrected chi connectivity index (χ3v) is 6.43. The Morgan fingerprint density at radius 2 is 1.77 bits per heavy atom. The van der Waals surface area contributed by atoms with Crippen LogP contribution in [0.5, 0.6) is 0 Å². The Labute approximate surface area is 175 Å². The van der Waals surface area contributed by atoms with Crippen LogP contribution in [0.15, 0.2) is 42.5 Å². The molecule has 0 radical (unpaired) electrons. The lowest BCUT2D eigenvalue weighted by Gasteiger charge is -2.21. The van der Waals surface area contributed by atoms with Gasteiger partial charge in [-0.3, -0.25) is 13.8 Å². The van der Waals surface area contributed by atoms with Crippen LogP contribution in [0.3, 0.4) is 0 Å². The van der Waals surface area contributed by atoms with E-state index >= 15 is 0 Å².